The van der Waals surface area contributed by atoms with Gasteiger partial charge in [-0.3, -0.25) is 4.79 Å². The summed E-state index contributed by atoms with van der Waals surface area (Å²) in [5.74, 6) is 1.67. The molecule has 116 valence electrons. The number of halogens is 1. The molecule has 2 rings (SSSR count). The number of rotatable bonds is 7. The Morgan fingerprint density at radius 1 is 1.52 bits per heavy atom. The molecule has 1 aromatic rings. The van der Waals surface area contributed by atoms with Gasteiger partial charge in [0.05, 0.1) is 11.6 Å². The van der Waals surface area contributed by atoms with Crippen molar-refractivity contribution >= 4 is 21.8 Å². The second-order valence-electron chi connectivity index (χ2n) is 5.47. The SMILES string of the molecule is COc1ccc(CCC(=O)NCCC2CCNC2)cc1Br. The first kappa shape index (κ1) is 16.3. The summed E-state index contributed by atoms with van der Waals surface area (Å²) < 4.78 is 6.12. The van der Waals surface area contributed by atoms with Crippen LogP contribution in [0.2, 0.25) is 0 Å². The molecule has 0 saturated carbocycles. The van der Waals surface area contributed by atoms with Crippen LogP contribution in [0.15, 0.2) is 22.7 Å². The molecular weight excluding hydrogens is 332 g/mol. The fraction of sp³-hybridized carbons (Fsp3) is 0.562. The highest BCUT2D eigenvalue weighted by Gasteiger charge is 2.14. The second kappa shape index (κ2) is 8.39. The van der Waals surface area contributed by atoms with Crippen LogP contribution < -0.4 is 15.4 Å². The summed E-state index contributed by atoms with van der Waals surface area (Å²) in [5, 5.41) is 6.36. The molecule has 0 aliphatic carbocycles. The van der Waals surface area contributed by atoms with Gasteiger partial charge in [-0.1, -0.05) is 6.07 Å². The van der Waals surface area contributed by atoms with Crippen LogP contribution in [-0.2, 0) is 11.2 Å². The minimum Gasteiger partial charge on any atom is -0.496 e. The Balaban J connectivity index is 1.67. The molecule has 1 amide bonds. The van der Waals surface area contributed by atoms with Gasteiger partial charge in [0.15, 0.2) is 0 Å². The lowest BCUT2D eigenvalue weighted by atomic mass is 10.1. The van der Waals surface area contributed by atoms with Crippen LogP contribution in [0.5, 0.6) is 5.75 Å². The molecule has 0 bridgehead atoms. The zero-order chi connectivity index (χ0) is 15.1. The van der Waals surface area contributed by atoms with Crippen molar-refractivity contribution in [2.45, 2.75) is 25.7 Å². The number of hydrogen-bond donors (Lipinski definition) is 2. The van der Waals surface area contributed by atoms with Gasteiger partial charge in [0, 0.05) is 13.0 Å². The van der Waals surface area contributed by atoms with Crippen LogP contribution in [0.4, 0.5) is 0 Å². The second-order valence-corrected chi connectivity index (χ2v) is 6.32. The quantitative estimate of drug-likeness (QED) is 0.790. The van der Waals surface area contributed by atoms with Crippen LogP contribution in [-0.4, -0.2) is 32.7 Å². The number of nitrogens with one attached hydrogen (secondary N) is 2. The first-order valence-corrected chi connectivity index (χ1v) is 8.28. The van der Waals surface area contributed by atoms with Gasteiger partial charge in [0.1, 0.15) is 5.75 Å². The van der Waals surface area contributed by atoms with E-state index in [2.05, 4.69) is 26.6 Å². The predicted molar refractivity (Wildman–Crippen MR) is 87.6 cm³/mol. The van der Waals surface area contributed by atoms with Crippen LogP contribution >= 0.6 is 15.9 Å². The fourth-order valence-electron chi connectivity index (χ4n) is 2.59. The van der Waals surface area contributed by atoms with E-state index in [-0.39, 0.29) is 5.91 Å². The molecule has 0 aromatic heterocycles. The average molecular weight is 355 g/mol. The first-order chi connectivity index (χ1) is 10.2. The normalized spacial score (nSPS) is 17.7. The highest BCUT2D eigenvalue weighted by atomic mass is 79.9. The molecule has 1 unspecified atom stereocenters. The number of amides is 1. The average Bonchev–Trinajstić information content (AvgIpc) is 2.98. The zero-order valence-electron chi connectivity index (χ0n) is 12.5. The number of methoxy groups -OCH3 is 1. The number of ether oxygens (including phenoxy) is 1. The lowest BCUT2D eigenvalue weighted by Gasteiger charge is -2.10. The van der Waals surface area contributed by atoms with Crippen molar-refractivity contribution in [2.75, 3.05) is 26.7 Å². The summed E-state index contributed by atoms with van der Waals surface area (Å²) in [6.07, 6.45) is 3.59. The van der Waals surface area contributed by atoms with Crippen molar-refractivity contribution in [3.05, 3.63) is 28.2 Å². The van der Waals surface area contributed by atoms with Crippen molar-refractivity contribution in [3.8, 4) is 5.75 Å². The van der Waals surface area contributed by atoms with E-state index in [1.165, 1.54) is 6.42 Å². The van der Waals surface area contributed by atoms with E-state index in [1.54, 1.807) is 7.11 Å². The highest BCUT2D eigenvalue weighted by molar-refractivity contribution is 9.10. The van der Waals surface area contributed by atoms with E-state index < -0.39 is 0 Å². The van der Waals surface area contributed by atoms with Crippen LogP contribution in [0, 0.1) is 5.92 Å². The first-order valence-electron chi connectivity index (χ1n) is 7.49. The van der Waals surface area contributed by atoms with Gasteiger partial charge in [0.25, 0.3) is 0 Å². The minimum absolute atomic E-state index is 0.132. The van der Waals surface area contributed by atoms with Crippen molar-refractivity contribution in [2.24, 2.45) is 5.92 Å². The topological polar surface area (TPSA) is 50.4 Å². The van der Waals surface area contributed by atoms with Gasteiger partial charge in [-0.05, 0) is 71.9 Å². The van der Waals surface area contributed by atoms with Crippen molar-refractivity contribution in [3.63, 3.8) is 0 Å². The summed E-state index contributed by atoms with van der Waals surface area (Å²) in [7, 11) is 1.65. The summed E-state index contributed by atoms with van der Waals surface area (Å²) in [6.45, 7) is 3.00. The van der Waals surface area contributed by atoms with Crippen molar-refractivity contribution < 1.29 is 9.53 Å². The van der Waals surface area contributed by atoms with Crippen molar-refractivity contribution in [1.82, 2.24) is 10.6 Å². The molecule has 2 N–H and O–H groups in total. The Kier molecular flexibility index (Phi) is 6.51. The van der Waals surface area contributed by atoms with E-state index >= 15 is 0 Å². The van der Waals surface area contributed by atoms with E-state index in [9.17, 15) is 4.79 Å². The Labute approximate surface area is 134 Å². The number of aryl methyl sites for hydroxylation is 1. The van der Waals surface area contributed by atoms with Gasteiger partial charge >= 0.3 is 0 Å². The summed E-state index contributed by atoms with van der Waals surface area (Å²) in [4.78, 5) is 11.8. The maximum absolute atomic E-state index is 11.8. The Hall–Kier alpha value is -1.07. The molecule has 1 fully saturated rings. The number of benzene rings is 1. The molecule has 1 aliphatic heterocycles. The van der Waals surface area contributed by atoms with Crippen LogP contribution in [0.3, 0.4) is 0 Å². The lowest BCUT2D eigenvalue weighted by molar-refractivity contribution is -0.121. The van der Waals surface area contributed by atoms with Crippen LogP contribution in [0.1, 0.15) is 24.8 Å². The van der Waals surface area contributed by atoms with E-state index in [0.717, 1.165) is 54.2 Å². The van der Waals surface area contributed by atoms with Crippen LogP contribution in [0.25, 0.3) is 0 Å². The van der Waals surface area contributed by atoms with E-state index in [1.807, 2.05) is 18.2 Å². The number of carbonyl (C=O) groups excluding carboxylic acids is 1. The molecule has 1 saturated heterocycles. The fourth-order valence-corrected chi connectivity index (χ4v) is 3.18. The van der Waals surface area contributed by atoms with E-state index in [4.69, 9.17) is 4.74 Å². The Morgan fingerprint density at radius 2 is 2.38 bits per heavy atom. The third-order valence-corrected chi connectivity index (χ3v) is 4.51. The summed E-state index contributed by atoms with van der Waals surface area (Å²) in [5.41, 5.74) is 1.14. The molecule has 1 aromatic carbocycles. The molecule has 1 aliphatic rings. The standard InChI is InChI=1S/C16H23BrN2O2/c1-21-15-4-2-12(10-14(15)17)3-5-16(20)19-9-7-13-6-8-18-11-13/h2,4,10,13,18H,3,5-9,11H2,1H3,(H,19,20). The molecule has 0 spiro atoms. The molecule has 1 heterocycles. The zero-order valence-corrected chi connectivity index (χ0v) is 14.0. The summed E-state index contributed by atoms with van der Waals surface area (Å²) in [6, 6.07) is 5.93. The van der Waals surface area contributed by atoms with Gasteiger partial charge in [-0.15, -0.1) is 0 Å². The predicted octanol–water partition coefficient (Wildman–Crippen LogP) is 2.51. The molecule has 1 atom stereocenters. The molecule has 0 radical (unpaired) electrons. The van der Waals surface area contributed by atoms with Gasteiger partial charge in [-0.25, -0.2) is 0 Å². The third kappa shape index (κ3) is 5.32. The van der Waals surface area contributed by atoms with Gasteiger partial charge in [-0.2, -0.15) is 0 Å². The Bertz CT molecular complexity index is 473. The molecule has 21 heavy (non-hydrogen) atoms. The molecule has 5 heteroatoms. The maximum Gasteiger partial charge on any atom is 0.220 e. The maximum atomic E-state index is 11.8. The Morgan fingerprint density at radius 3 is 3.05 bits per heavy atom. The van der Waals surface area contributed by atoms with E-state index in [0.29, 0.717) is 6.42 Å². The molecule has 4 nitrogen and oxygen atoms in total. The van der Waals surface area contributed by atoms with Crippen molar-refractivity contribution in [1.29, 1.82) is 0 Å². The number of hydrogen-bond acceptors (Lipinski definition) is 3. The monoisotopic (exact) mass is 354 g/mol. The smallest absolute Gasteiger partial charge is 0.220 e. The van der Waals surface area contributed by atoms with Gasteiger partial charge in [0.2, 0.25) is 5.91 Å². The third-order valence-electron chi connectivity index (χ3n) is 3.89. The summed E-state index contributed by atoms with van der Waals surface area (Å²) >= 11 is 3.46. The van der Waals surface area contributed by atoms with Gasteiger partial charge < -0.3 is 15.4 Å². The number of carbonyl (C=O) groups is 1. The minimum atomic E-state index is 0.132. The molecular formula is C16H23BrN2O2. The lowest BCUT2D eigenvalue weighted by Crippen LogP contribution is -2.26. The highest BCUT2D eigenvalue weighted by Crippen LogP contribution is 2.25. The largest absolute Gasteiger partial charge is 0.496 e.